The van der Waals surface area contributed by atoms with Crippen molar-refractivity contribution in [3.8, 4) is 5.88 Å². The number of nitrogens with one attached hydrogen (secondary N) is 1. The topological polar surface area (TPSA) is 63.7 Å². The number of morpholine rings is 1. The predicted molar refractivity (Wildman–Crippen MR) is 82.9 cm³/mol. The van der Waals surface area contributed by atoms with Crippen molar-refractivity contribution in [3.05, 3.63) is 35.9 Å². The minimum absolute atomic E-state index is 0.0665. The maximum atomic E-state index is 12.2. The van der Waals surface area contributed by atoms with Gasteiger partial charge in [0.15, 0.2) is 0 Å². The number of benzene rings is 1. The third kappa shape index (κ3) is 3.12. The van der Waals surface area contributed by atoms with Gasteiger partial charge >= 0.3 is 6.03 Å². The van der Waals surface area contributed by atoms with E-state index < -0.39 is 0 Å². The first-order chi connectivity index (χ1) is 10.8. The Balaban J connectivity index is 1.76. The maximum Gasteiger partial charge on any atom is 0.317 e. The fourth-order valence-corrected chi connectivity index (χ4v) is 2.52. The van der Waals surface area contributed by atoms with E-state index in [1.54, 1.807) is 12.0 Å². The second-order valence-corrected chi connectivity index (χ2v) is 5.10. The van der Waals surface area contributed by atoms with E-state index in [0.29, 0.717) is 38.7 Å². The molecule has 0 unspecified atom stereocenters. The zero-order chi connectivity index (χ0) is 15.4. The van der Waals surface area contributed by atoms with Gasteiger partial charge in [-0.2, -0.15) is 0 Å². The Hall–Kier alpha value is -2.34. The van der Waals surface area contributed by atoms with Crippen molar-refractivity contribution < 1.29 is 14.3 Å². The lowest BCUT2D eigenvalue weighted by molar-refractivity contribution is 0.0531. The number of para-hydroxylation sites is 1. The molecule has 1 aliphatic heterocycles. The van der Waals surface area contributed by atoms with Gasteiger partial charge in [-0.15, -0.1) is 0 Å². The number of rotatable bonds is 3. The van der Waals surface area contributed by atoms with E-state index in [-0.39, 0.29) is 6.03 Å². The molecule has 6 heteroatoms. The highest BCUT2D eigenvalue weighted by molar-refractivity contribution is 5.83. The molecule has 0 spiro atoms. The lowest BCUT2D eigenvalue weighted by Crippen LogP contribution is -2.45. The van der Waals surface area contributed by atoms with Crippen molar-refractivity contribution >= 4 is 16.9 Å². The molecule has 1 N–H and O–H groups in total. The molecule has 0 saturated carbocycles. The fraction of sp³-hybridized carbons (Fsp3) is 0.375. The highest BCUT2D eigenvalue weighted by Crippen LogP contribution is 2.21. The summed E-state index contributed by atoms with van der Waals surface area (Å²) in [5.74, 6) is 0.550. The number of fused-ring (bicyclic) bond motifs is 1. The minimum Gasteiger partial charge on any atom is -0.481 e. The molecular formula is C16H19N3O3. The summed E-state index contributed by atoms with van der Waals surface area (Å²) in [4.78, 5) is 18.4. The number of carbonyl (C=O) groups excluding carboxylic acids is 1. The summed E-state index contributed by atoms with van der Waals surface area (Å²) < 4.78 is 10.5. The van der Waals surface area contributed by atoms with Crippen molar-refractivity contribution in [1.29, 1.82) is 0 Å². The van der Waals surface area contributed by atoms with Gasteiger partial charge in [0.25, 0.3) is 0 Å². The number of hydrogen-bond donors (Lipinski definition) is 1. The van der Waals surface area contributed by atoms with E-state index in [2.05, 4.69) is 10.3 Å². The second kappa shape index (κ2) is 6.62. The average molecular weight is 301 g/mol. The molecular weight excluding hydrogens is 282 g/mol. The van der Waals surface area contributed by atoms with Crippen LogP contribution in [0.1, 0.15) is 5.56 Å². The number of amides is 2. The Kier molecular flexibility index (Phi) is 4.39. The normalized spacial score (nSPS) is 14.9. The van der Waals surface area contributed by atoms with Gasteiger partial charge < -0.3 is 19.7 Å². The molecule has 2 aromatic rings. The largest absolute Gasteiger partial charge is 0.481 e. The molecule has 1 aromatic carbocycles. The maximum absolute atomic E-state index is 12.2. The van der Waals surface area contributed by atoms with Gasteiger partial charge in [-0.1, -0.05) is 18.2 Å². The molecule has 0 aliphatic carbocycles. The van der Waals surface area contributed by atoms with Crippen molar-refractivity contribution in [1.82, 2.24) is 15.2 Å². The van der Waals surface area contributed by atoms with Crippen LogP contribution in [0.15, 0.2) is 30.3 Å². The van der Waals surface area contributed by atoms with Crippen LogP contribution in [-0.4, -0.2) is 49.3 Å². The molecule has 1 saturated heterocycles. The number of methoxy groups -OCH3 is 1. The zero-order valence-electron chi connectivity index (χ0n) is 12.5. The molecule has 1 fully saturated rings. The Morgan fingerprint density at radius 1 is 1.36 bits per heavy atom. The average Bonchev–Trinajstić information content (AvgIpc) is 2.59. The molecule has 0 radical (unpaired) electrons. The Morgan fingerprint density at radius 2 is 2.14 bits per heavy atom. The number of hydrogen-bond acceptors (Lipinski definition) is 4. The van der Waals surface area contributed by atoms with E-state index in [9.17, 15) is 4.79 Å². The van der Waals surface area contributed by atoms with Crippen molar-refractivity contribution in [3.63, 3.8) is 0 Å². The number of nitrogens with zero attached hydrogens (tertiary/aromatic N) is 2. The third-order valence-electron chi connectivity index (χ3n) is 3.72. The van der Waals surface area contributed by atoms with Crippen molar-refractivity contribution in [2.75, 3.05) is 33.4 Å². The molecule has 1 aromatic heterocycles. The first-order valence-electron chi connectivity index (χ1n) is 7.31. The van der Waals surface area contributed by atoms with Crippen LogP contribution in [0.25, 0.3) is 10.9 Å². The van der Waals surface area contributed by atoms with E-state index >= 15 is 0 Å². The summed E-state index contributed by atoms with van der Waals surface area (Å²) in [7, 11) is 1.59. The summed E-state index contributed by atoms with van der Waals surface area (Å²) >= 11 is 0. The molecule has 1 aliphatic rings. The summed E-state index contributed by atoms with van der Waals surface area (Å²) in [5.41, 5.74) is 1.85. The van der Waals surface area contributed by atoms with Gasteiger partial charge in [-0.3, -0.25) is 0 Å². The Labute approximate surface area is 129 Å². The third-order valence-corrected chi connectivity index (χ3v) is 3.72. The lowest BCUT2D eigenvalue weighted by atomic mass is 10.1. The van der Waals surface area contributed by atoms with Crippen molar-refractivity contribution in [2.24, 2.45) is 0 Å². The lowest BCUT2D eigenvalue weighted by Gasteiger charge is -2.27. The van der Waals surface area contributed by atoms with E-state index in [4.69, 9.17) is 9.47 Å². The van der Waals surface area contributed by atoms with Crippen LogP contribution in [0, 0.1) is 0 Å². The molecule has 2 heterocycles. The Bertz CT molecular complexity index is 669. The minimum atomic E-state index is -0.0665. The van der Waals surface area contributed by atoms with Crippen molar-refractivity contribution in [2.45, 2.75) is 6.54 Å². The number of carbonyl (C=O) groups is 1. The molecule has 22 heavy (non-hydrogen) atoms. The van der Waals surface area contributed by atoms with Gasteiger partial charge in [0.1, 0.15) is 0 Å². The molecule has 3 rings (SSSR count). The predicted octanol–water partition coefficient (Wildman–Crippen LogP) is 1.79. The Morgan fingerprint density at radius 3 is 2.91 bits per heavy atom. The first kappa shape index (κ1) is 14.6. The first-order valence-corrected chi connectivity index (χ1v) is 7.31. The highest BCUT2D eigenvalue weighted by atomic mass is 16.5. The highest BCUT2D eigenvalue weighted by Gasteiger charge is 2.16. The number of urea groups is 1. The van der Waals surface area contributed by atoms with Gasteiger partial charge in [0, 0.05) is 31.1 Å². The van der Waals surface area contributed by atoms with Crippen LogP contribution in [0.4, 0.5) is 4.79 Å². The molecule has 2 amide bonds. The summed E-state index contributed by atoms with van der Waals surface area (Å²) in [6.07, 6.45) is 0. The smallest absolute Gasteiger partial charge is 0.317 e. The van der Waals surface area contributed by atoms with Gasteiger partial charge in [0.2, 0.25) is 5.88 Å². The molecule has 0 bridgehead atoms. The van der Waals surface area contributed by atoms with Gasteiger partial charge in [-0.05, 0) is 11.6 Å². The van der Waals surface area contributed by atoms with Crippen LogP contribution in [0.2, 0.25) is 0 Å². The van der Waals surface area contributed by atoms with Crippen LogP contribution >= 0.6 is 0 Å². The molecule has 0 atom stereocenters. The number of aromatic nitrogens is 1. The van der Waals surface area contributed by atoms with E-state index in [1.165, 1.54) is 0 Å². The molecule has 116 valence electrons. The van der Waals surface area contributed by atoms with E-state index in [1.807, 2.05) is 30.3 Å². The summed E-state index contributed by atoms with van der Waals surface area (Å²) in [6, 6.07) is 9.63. The quantitative estimate of drug-likeness (QED) is 0.938. The molecule has 6 nitrogen and oxygen atoms in total. The van der Waals surface area contributed by atoms with Crippen LogP contribution in [-0.2, 0) is 11.3 Å². The van der Waals surface area contributed by atoms with Crippen LogP contribution in [0.5, 0.6) is 5.88 Å². The summed E-state index contributed by atoms with van der Waals surface area (Å²) in [5, 5.41) is 3.98. The van der Waals surface area contributed by atoms with Gasteiger partial charge in [-0.25, -0.2) is 9.78 Å². The summed E-state index contributed by atoms with van der Waals surface area (Å²) in [6.45, 7) is 2.90. The van der Waals surface area contributed by atoms with E-state index in [0.717, 1.165) is 16.5 Å². The zero-order valence-corrected chi connectivity index (χ0v) is 12.5. The standard InChI is InChI=1S/C16H19N3O3/c1-21-15-10-12(13-4-2-3-5-14(13)18-15)11-17-16(20)19-6-8-22-9-7-19/h2-5,10H,6-9,11H2,1H3,(H,17,20). The van der Waals surface area contributed by atoms with Crippen LogP contribution < -0.4 is 10.1 Å². The number of ether oxygens (including phenoxy) is 2. The van der Waals surface area contributed by atoms with Crippen LogP contribution in [0.3, 0.4) is 0 Å². The fourth-order valence-electron chi connectivity index (χ4n) is 2.52. The second-order valence-electron chi connectivity index (χ2n) is 5.10. The van der Waals surface area contributed by atoms with Gasteiger partial charge in [0.05, 0.1) is 25.8 Å². The monoisotopic (exact) mass is 301 g/mol. The SMILES string of the molecule is COc1cc(CNC(=O)N2CCOCC2)c2ccccc2n1. The number of pyridine rings is 1.